The molecule has 0 radical (unpaired) electrons. The zero-order valence-corrected chi connectivity index (χ0v) is 11.1. The van der Waals surface area contributed by atoms with E-state index in [1.165, 1.54) is 25.7 Å². The van der Waals surface area contributed by atoms with Crippen molar-refractivity contribution in [2.75, 3.05) is 26.8 Å². The highest BCUT2D eigenvalue weighted by Crippen LogP contribution is 2.22. The van der Waals surface area contributed by atoms with Crippen molar-refractivity contribution in [3.8, 4) is 0 Å². The van der Waals surface area contributed by atoms with E-state index in [0.29, 0.717) is 0 Å². The van der Waals surface area contributed by atoms with Crippen LogP contribution in [-0.2, 0) is 9.47 Å². The Labute approximate surface area is 100 Å². The second-order valence-electron chi connectivity index (χ2n) is 4.55. The third kappa shape index (κ3) is 4.81. The van der Waals surface area contributed by atoms with Crippen LogP contribution < -0.4 is 0 Å². The van der Waals surface area contributed by atoms with E-state index in [1.807, 2.05) is 13.8 Å². The molecule has 0 spiro atoms. The van der Waals surface area contributed by atoms with Crippen LogP contribution in [0.5, 0.6) is 0 Å². The lowest BCUT2D eigenvalue weighted by Gasteiger charge is -2.26. The van der Waals surface area contributed by atoms with Gasteiger partial charge in [-0.25, -0.2) is 0 Å². The molecule has 0 bridgehead atoms. The Kier molecular flexibility index (Phi) is 7.01. The number of hydrogen-bond donors (Lipinski definition) is 0. The van der Waals surface area contributed by atoms with E-state index in [0.717, 1.165) is 32.2 Å². The highest BCUT2D eigenvalue weighted by atomic mass is 16.7. The van der Waals surface area contributed by atoms with Gasteiger partial charge in [0.15, 0.2) is 6.29 Å². The molecule has 1 rings (SSSR count). The van der Waals surface area contributed by atoms with Gasteiger partial charge in [-0.05, 0) is 33.7 Å². The fourth-order valence-electron chi connectivity index (χ4n) is 2.42. The Hall–Kier alpha value is -0.120. The van der Waals surface area contributed by atoms with Crippen molar-refractivity contribution in [1.29, 1.82) is 0 Å². The Bertz CT molecular complexity index is 161. The highest BCUT2D eigenvalue weighted by Gasteiger charge is 2.20. The van der Waals surface area contributed by atoms with Crippen molar-refractivity contribution in [1.82, 2.24) is 4.90 Å². The molecule has 0 saturated heterocycles. The molecule has 0 N–H and O–H groups in total. The standard InChI is InChI=1S/C13H27NO2/c1-4-15-13(16-5-2)10-11-14(3)12-8-6-7-9-12/h12-13H,4-11H2,1-3H3. The van der Waals surface area contributed by atoms with Crippen molar-refractivity contribution in [3.63, 3.8) is 0 Å². The molecule has 1 fully saturated rings. The average molecular weight is 229 g/mol. The van der Waals surface area contributed by atoms with Crippen LogP contribution in [0.3, 0.4) is 0 Å². The summed E-state index contributed by atoms with van der Waals surface area (Å²) in [7, 11) is 2.23. The Balaban J connectivity index is 2.18. The van der Waals surface area contributed by atoms with Gasteiger partial charge >= 0.3 is 0 Å². The quantitative estimate of drug-likeness (QED) is 0.597. The molecule has 0 amide bonds. The fraction of sp³-hybridized carbons (Fsp3) is 1.00. The second kappa shape index (κ2) is 8.04. The van der Waals surface area contributed by atoms with Gasteiger partial charge in [-0.15, -0.1) is 0 Å². The summed E-state index contributed by atoms with van der Waals surface area (Å²) in [5, 5.41) is 0. The van der Waals surface area contributed by atoms with Gasteiger partial charge in [0.25, 0.3) is 0 Å². The Morgan fingerprint density at radius 3 is 2.19 bits per heavy atom. The van der Waals surface area contributed by atoms with E-state index in [9.17, 15) is 0 Å². The molecule has 0 heterocycles. The first-order valence-electron chi connectivity index (χ1n) is 6.71. The maximum atomic E-state index is 5.55. The highest BCUT2D eigenvalue weighted by molar-refractivity contribution is 4.75. The number of hydrogen-bond acceptors (Lipinski definition) is 3. The first-order chi connectivity index (χ1) is 7.77. The first-order valence-corrected chi connectivity index (χ1v) is 6.71. The normalized spacial score (nSPS) is 17.8. The first kappa shape index (κ1) is 13.9. The SMILES string of the molecule is CCOC(CCN(C)C1CCCC1)OCC. The van der Waals surface area contributed by atoms with Gasteiger partial charge in [0, 0.05) is 32.2 Å². The molecule has 1 aliphatic carbocycles. The van der Waals surface area contributed by atoms with Gasteiger partial charge in [0.05, 0.1) is 0 Å². The van der Waals surface area contributed by atoms with Crippen molar-refractivity contribution < 1.29 is 9.47 Å². The molecule has 0 atom stereocenters. The minimum Gasteiger partial charge on any atom is -0.353 e. The van der Waals surface area contributed by atoms with Gasteiger partial charge in [-0.1, -0.05) is 12.8 Å². The van der Waals surface area contributed by atoms with E-state index < -0.39 is 0 Å². The molecule has 0 aromatic carbocycles. The molecule has 3 heteroatoms. The summed E-state index contributed by atoms with van der Waals surface area (Å²) >= 11 is 0. The average Bonchev–Trinajstić information content (AvgIpc) is 2.79. The molecule has 0 aromatic rings. The lowest BCUT2D eigenvalue weighted by molar-refractivity contribution is -0.141. The van der Waals surface area contributed by atoms with Crippen LogP contribution in [0.2, 0.25) is 0 Å². The van der Waals surface area contributed by atoms with Crippen LogP contribution in [0.4, 0.5) is 0 Å². The zero-order valence-electron chi connectivity index (χ0n) is 11.1. The van der Waals surface area contributed by atoms with Crippen molar-refractivity contribution in [2.24, 2.45) is 0 Å². The summed E-state index contributed by atoms with van der Waals surface area (Å²) < 4.78 is 11.1. The van der Waals surface area contributed by atoms with Crippen molar-refractivity contribution >= 4 is 0 Å². The Morgan fingerprint density at radius 1 is 1.12 bits per heavy atom. The molecule has 1 aliphatic rings. The van der Waals surface area contributed by atoms with E-state index in [2.05, 4.69) is 11.9 Å². The predicted molar refractivity (Wildman–Crippen MR) is 66.5 cm³/mol. The van der Waals surface area contributed by atoms with Gasteiger partial charge in [0.1, 0.15) is 0 Å². The van der Waals surface area contributed by atoms with Crippen LogP contribution in [0.25, 0.3) is 0 Å². The molecule has 0 aromatic heterocycles. The molecular weight excluding hydrogens is 202 g/mol. The minimum absolute atomic E-state index is 0.0150. The molecule has 0 unspecified atom stereocenters. The van der Waals surface area contributed by atoms with Gasteiger partial charge < -0.3 is 14.4 Å². The number of rotatable bonds is 8. The molecule has 0 aliphatic heterocycles. The third-order valence-corrected chi connectivity index (χ3v) is 3.37. The summed E-state index contributed by atoms with van der Waals surface area (Å²) in [6.45, 7) is 6.59. The smallest absolute Gasteiger partial charge is 0.158 e. The molecule has 3 nitrogen and oxygen atoms in total. The molecular formula is C13H27NO2. The van der Waals surface area contributed by atoms with E-state index >= 15 is 0 Å². The Morgan fingerprint density at radius 2 is 1.69 bits per heavy atom. The topological polar surface area (TPSA) is 21.7 Å². The maximum Gasteiger partial charge on any atom is 0.158 e. The van der Waals surface area contributed by atoms with Crippen molar-refractivity contribution in [3.05, 3.63) is 0 Å². The largest absolute Gasteiger partial charge is 0.353 e. The van der Waals surface area contributed by atoms with E-state index in [1.54, 1.807) is 0 Å². The van der Waals surface area contributed by atoms with Gasteiger partial charge in [-0.3, -0.25) is 0 Å². The maximum absolute atomic E-state index is 5.55. The van der Waals surface area contributed by atoms with Crippen LogP contribution in [0.1, 0.15) is 46.0 Å². The molecule has 96 valence electrons. The van der Waals surface area contributed by atoms with Crippen LogP contribution in [-0.4, -0.2) is 44.0 Å². The van der Waals surface area contributed by atoms with E-state index in [-0.39, 0.29) is 6.29 Å². The predicted octanol–water partition coefficient (Wildman–Crippen LogP) is 2.65. The lowest BCUT2D eigenvalue weighted by atomic mass is 10.2. The molecule has 1 saturated carbocycles. The van der Waals surface area contributed by atoms with Crippen LogP contribution in [0, 0.1) is 0 Å². The summed E-state index contributed by atoms with van der Waals surface area (Å²) in [5.41, 5.74) is 0. The summed E-state index contributed by atoms with van der Waals surface area (Å²) in [4.78, 5) is 2.47. The summed E-state index contributed by atoms with van der Waals surface area (Å²) in [6.07, 6.45) is 6.49. The second-order valence-corrected chi connectivity index (χ2v) is 4.55. The number of ether oxygens (including phenoxy) is 2. The fourth-order valence-corrected chi connectivity index (χ4v) is 2.42. The monoisotopic (exact) mass is 229 g/mol. The van der Waals surface area contributed by atoms with Gasteiger partial charge in [-0.2, -0.15) is 0 Å². The van der Waals surface area contributed by atoms with Gasteiger partial charge in [0.2, 0.25) is 0 Å². The third-order valence-electron chi connectivity index (χ3n) is 3.37. The minimum atomic E-state index is -0.0150. The zero-order chi connectivity index (χ0) is 11.8. The summed E-state index contributed by atoms with van der Waals surface area (Å²) in [5.74, 6) is 0. The lowest BCUT2D eigenvalue weighted by Crippen LogP contribution is -2.33. The summed E-state index contributed by atoms with van der Waals surface area (Å²) in [6, 6.07) is 0.795. The van der Waals surface area contributed by atoms with Crippen molar-refractivity contribution in [2.45, 2.75) is 58.3 Å². The van der Waals surface area contributed by atoms with E-state index in [4.69, 9.17) is 9.47 Å². The number of nitrogens with zero attached hydrogens (tertiary/aromatic N) is 1. The van der Waals surface area contributed by atoms with Crippen LogP contribution >= 0.6 is 0 Å². The van der Waals surface area contributed by atoms with Crippen LogP contribution in [0.15, 0.2) is 0 Å². The molecule has 16 heavy (non-hydrogen) atoms.